The Balaban J connectivity index is 1.66. The van der Waals surface area contributed by atoms with E-state index in [-0.39, 0.29) is 32.4 Å². The van der Waals surface area contributed by atoms with Crippen LogP contribution in [0.5, 0.6) is 0 Å². The van der Waals surface area contributed by atoms with Gasteiger partial charge in [-0.2, -0.15) is 0 Å². The standard InChI is InChI=1S/C23H15Cl4N3O6S/c1-10-8-12(30(35)36)4-7-14(10)29-15(31)9-37-13-5-2-11(3-6-13)28-22(32)16-17(23(33)34)19(25)21(27)20(26)18(16)24/h2-8H,9H2,1H3,(H,28,32)(H,29,31)(H,33,34). The molecule has 37 heavy (non-hydrogen) atoms. The number of aromatic carboxylic acids is 1. The Morgan fingerprint density at radius 2 is 1.51 bits per heavy atom. The van der Waals surface area contributed by atoms with Crippen LogP contribution in [0.1, 0.15) is 26.3 Å². The van der Waals surface area contributed by atoms with Crippen molar-refractivity contribution < 1.29 is 24.4 Å². The number of rotatable bonds is 8. The number of nitrogens with one attached hydrogen (secondary N) is 2. The van der Waals surface area contributed by atoms with Crippen molar-refractivity contribution in [2.75, 3.05) is 16.4 Å². The summed E-state index contributed by atoms with van der Waals surface area (Å²) < 4.78 is 0. The summed E-state index contributed by atoms with van der Waals surface area (Å²) in [5.41, 5.74) is 0.249. The van der Waals surface area contributed by atoms with Gasteiger partial charge in [0.15, 0.2) is 0 Å². The minimum atomic E-state index is -1.51. The fourth-order valence-corrected chi connectivity index (χ4v) is 4.83. The zero-order valence-corrected chi connectivity index (χ0v) is 22.4. The van der Waals surface area contributed by atoms with E-state index in [0.717, 1.165) is 0 Å². The Morgan fingerprint density at radius 3 is 2.05 bits per heavy atom. The first kappa shape index (κ1) is 28.5. The molecule has 0 aliphatic rings. The minimum Gasteiger partial charge on any atom is -0.478 e. The third-order valence-electron chi connectivity index (χ3n) is 4.89. The Bertz CT molecular complexity index is 1430. The molecule has 0 aromatic heterocycles. The quantitative estimate of drug-likeness (QED) is 0.0814. The van der Waals surface area contributed by atoms with Crippen LogP contribution in [0.2, 0.25) is 20.1 Å². The van der Waals surface area contributed by atoms with Crippen LogP contribution in [-0.4, -0.2) is 33.6 Å². The van der Waals surface area contributed by atoms with Crippen LogP contribution >= 0.6 is 58.2 Å². The molecular formula is C23H15Cl4N3O6S. The molecular weight excluding hydrogens is 588 g/mol. The molecule has 3 aromatic rings. The third kappa shape index (κ3) is 6.65. The number of carbonyl (C=O) groups excluding carboxylic acids is 2. The van der Waals surface area contributed by atoms with Crippen LogP contribution in [0.4, 0.5) is 17.1 Å². The lowest BCUT2D eigenvalue weighted by Gasteiger charge is -2.14. The van der Waals surface area contributed by atoms with Gasteiger partial charge < -0.3 is 15.7 Å². The van der Waals surface area contributed by atoms with Gasteiger partial charge in [-0.05, 0) is 42.8 Å². The lowest BCUT2D eigenvalue weighted by Crippen LogP contribution is -2.18. The van der Waals surface area contributed by atoms with Gasteiger partial charge in [-0.1, -0.05) is 46.4 Å². The number of carbonyl (C=O) groups is 3. The predicted octanol–water partition coefficient (Wildman–Crippen LogP) is 7.20. The van der Waals surface area contributed by atoms with Crippen molar-refractivity contribution in [3.05, 3.63) is 89.4 Å². The van der Waals surface area contributed by atoms with Gasteiger partial charge in [0, 0.05) is 28.4 Å². The largest absolute Gasteiger partial charge is 0.478 e. The number of carboxylic acid groups (broad SMARTS) is 1. The van der Waals surface area contributed by atoms with Crippen molar-refractivity contribution >= 4 is 93.0 Å². The van der Waals surface area contributed by atoms with Gasteiger partial charge in [0.25, 0.3) is 11.6 Å². The average Bonchev–Trinajstić information content (AvgIpc) is 2.85. The lowest BCUT2D eigenvalue weighted by atomic mass is 10.1. The second-order valence-corrected chi connectivity index (χ2v) is 9.94. The summed E-state index contributed by atoms with van der Waals surface area (Å²) in [5, 5.41) is 24.3. The van der Waals surface area contributed by atoms with Crippen molar-refractivity contribution in [2.24, 2.45) is 0 Å². The summed E-state index contributed by atoms with van der Waals surface area (Å²) in [6.07, 6.45) is 0. The number of amides is 2. The van der Waals surface area contributed by atoms with Crippen molar-refractivity contribution in [1.82, 2.24) is 0 Å². The molecule has 14 heteroatoms. The Hall–Kier alpha value is -3.02. The van der Waals surface area contributed by atoms with E-state index in [2.05, 4.69) is 10.6 Å². The number of nitrogens with zero attached hydrogens (tertiary/aromatic N) is 1. The first-order valence-corrected chi connectivity index (χ1v) is 12.6. The zero-order chi connectivity index (χ0) is 27.4. The van der Waals surface area contributed by atoms with Crippen LogP contribution in [-0.2, 0) is 4.79 Å². The molecule has 0 unspecified atom stereocenters. The monoisotopic (exact) mass is 601 g/mol. The molecule has 0 heterocycles. The molecule has 3 aromatic carbocycles. The van der Waals surface area contributed by atoms with E-state index in [9.17, 15) is 29.6 Å². The fourth-order valence-electron chi connectivity index (χ4n) is 3.11. The van der Waals surface area contributed by atoms with Gasteiger partial charge in [-0.3, -0.25) is 19.7 Å². The van der Waals surface area contributed by atoms with E-state index in [1.165, 1.54) is 30.0 Å². The van der Waals surface area contributed by atoms with Crippen LogP contribution in [0.15, 0.2) is 47.4 Å². The average molecular weight is 603 g/mol. The first-order chi connectivity index (χ1) is 17.4. The SMILES string of the molecule is Cc1cc([N+](=O)[O-])ccc1NC(=O)CSc1ccc(NC(=O)c2c(Cl)c(Cl)c(Cl)c(Cl)c2C(=O)O)cc1. The number of benzene rings is 3. The van der Waals surface area contributed by atoms with Crippen LogP contribution in [0.25, 0.3) is 0 Å². The number of nitro groups is 1. The summed E-state index contributed by atoms with van der Waals surface area (Å²) in [4.78, 5) is 47.8. The summed E-state index contributed by atoms with van der Waals surface area (Å²) in [6.45, 7) is 1.65. The van der Waals surface area contributed by atoms with Gasteiger partial charge in [0.05, 0.1) is 41.9 Å². The van der Waals surface area contributed by atoms with E-state index in [0.29, 0.717) is 21.8 Å². The summed E-state index contributed by atoms with van der Waals surface area (Å²) in [6, 6.07) is 10.5. The van der Waals surface area contributed by atoms with E-state index in [1.807, 2.05) is 0 Å². The molecule has 0 bridgehead atoms. The number of non-ortho nitro benzene ring substituents is 1. The van der Waals surface area contributed by atoms with E-state index < -0.39 is 32.9 Å². The Labute approximate surface area is 234 Å². The van der Waals surface area contributed by atoms with Crippen molar-refractivity contribution in [1.29, 1.82) is 0 Å². The molecule has 0 saturated carbocycles. The maximum atomic E-state index is 12.8. The predicted molar refractivity (Wildman–Crippen MR) is 145 cm³/mol. The molecule has 0 radical (unpaired) electrons. The van der Waals surface area contributed by atoms with Crippen LogP contribution < -0.4 is 10.6 Å². The third-order valence-corrected chi connectivity index (χ3v) is 7.70. The maximum absolute atomic E-state index is 12.8. The van der Waals surface area contributed by atoms with Crippen molar-refractivity contribution in [3.63, 3.8) is 0 Å². The van der Waals surface area contributed by atoms with Crippen LogP contribution in [0, 0.1) is 17.0 Å². The number of hydrogen-bond acceptors (Lipinski definition) is 6. The second-order valence-electron chi connectivity index (χ2n) is 7.38. The van der Waals surface area contributed by atoms with E-state index in [1.54, 1.807) is 31.2 Å². The zero-order valence-electron chi connectivity index (χ0n) is 18.6. The topological polar surface area (TPSA) is 139 Å². The molecule has 0 atom stereocenters. The number of thioether (sulfide) groups is 1. The van der Waals surface area contributed by atoms with E-state index >= 15 is 0 Å². The summed E-state index contributed by atoms with van der Waals surface area (Å²) >= 11 is 25.2. The second kappa shape index (κ2) is 12.0. The lowest BCUT2D eigenvalue weighted by molar-refractivity contribution is -0.384. The number of halogens is 4. The number of hydrogen-bond donors (Lipinski definition) is 3. The summed E-state index contributed by atoms with van der Waals surface area (Å²) in [5.74, 6) is -2.63. The molecule has 3 N–H and O–H groups in total. The smallest absolute Gasteiger partial charge is 0.338 e. The van der Waals surface area contributed by atoms with E-state index in [4.69, 9.17) is 46.4 Å². The molecule has 9 nitrogen and oxygen atoms in total. The normalized spacial score (nSPS) is 10.6. The fraction of sp³-hybridized carbons (Fsp3) is 0.0870. The highest BCUT2D eigenvalue weighted by Crippen LogP contribution is 2.41. The molecule has 0 saturated heterocycles. The number of anilines is 2. The van der Waals surface area contributed by atoms with Crippen molar-refractivity contribution in [3.8, 4) is 0 Å². The highest BCUT2D eigenvalue weighted by atomic mass is 35.5. The number of carboxylic acids is 1. The molecule has 0 spiro atoms. The highest BCUT2D eigenvalue weighted by molar-refractivity contribution is 8.00. The maximum Gasteiger partial charge on any atom is 0.338 e. The number of aryl methyl sites for hydroxylation is 1. The van der Waals surface area contributed by atoms with Crippen molar-refractivity contribution in [2.45, 2.75) is 11.8 Å². The minimum absolute atomic E-state index is 0.0570. The Kier molecular flexibility index (Phi) is 9.27. The first-order valence-electron chi connectivity index (χ1n) is 10.1. The molecule has 0 fully saturated rings. The van der Waals surface area contributed by atoms with Gasteiger partial charge in [-0.15, -0.1) is 11.8 Å². The summed E-state index contributed by atoms with van der Waals surface area (Å²) in [7, 11) is 0. The van der Waals surface area contributed by atoms with Gasteiger partial charge >= 0.3 is 5.97 Å². The molecule has 3 rings (SSSR count). The molecule has 192 valence electrons. The molecule has 0 aliphatic carbocycles. The highest BCUT2D eigenvalue weighted by Gasteiger charge is 2.29. The van der Waals surface area contributed by atoms with Crippen LogP contribution in [0.3, 0.4) is 0 Å². The van der Waals surface area contributed by atoms with Gasteiger partial charge in [0.2, 0.25) is 5.91 Å². The number of nitro benzene ring substituents is 1. The molecule has 2 amide bonds. The molecule has 0 aliphatic heterocycles. The van der Waals surface area contributed by atoms with Gasteiger partial charge in [-0.25, -0.2) is 4.79 Å². The Morgan fingerprint density at radius 1 is 0.919 bits per heavy atom. The van der Waals surface area contributed by atoms with Gasteiger partial charge in [0.1, 0.15) is 0 Å².